The first-order valence-electron chi connectivity index (χ1n) is 6.34. The molecular weight excluding hydrogens is 300 g/mol. The van der Waals surface area contributed by atoms with Gasteiger partial charge in [0.25, 0.3) is 5.56 Å². The topological polar surface area (TPSA) is 121 Å². The molecule has 7 nitrogen and oxygen atoms in total. The van der Waals surface area contributed by atoms with Crippen molar-refractivity contribution in [3.05, 3.63) is 58.1 Å². The Labute approximate surface area is 129 Å². The molecule has 0 radical (unpaired) electrons. The number of aromatic nitrogens is 3. The average Bonchev–Trinajstić information content (AvgIpc) is 3.02. The Morgan fingerprint density at radius 3 is 2.68 bits per heavy atom. The molecule has 5 N–H and O–H groups in total. The lowest BCUT2D eigenvalue weighted by Gasteiger charge is -2.10. The third kappa shape index (κ3) is 2.86. The number of amidine groups is 1. The van der Waals surface area contributed by atoms with E-state index in [9.17, 15) is 4.79 Å². The number of nitrogens with two attached hydrogens (primary N) is 1. The van der Waals surface area contributed by atoms with E-state index in [2.05, 4.69) is 20.3 Å². The van der Waals surface area contributed by atoms with Gasteiger partial charge in [0.2, 0.25) is 0 Å². The van der Waals surface area contributed by atoms with Gasteiger partial charge in [0.05, 0.1) is 6.20 Å². The van der Waals surface area contributed by atoms with Crippen LogP contribution < -0.4 is 16.6 Å². The van der Waals surface area contributed by atoms with Crippen LogP contribution in [0.1, 0.15) is 5.69 Å². The fourth-order valence-electron chi connectivity index (χ4n) is 1.90. The molecule has 0 unspecified atom stereocenters. The Kier molecular flexibility index (Phi) is 3.67. The molecular formula is C14H12N6OS. The van der Waals surface area contributed by atoms with Crippen molar-refractivity contribution in [1.82, 2.24) is 15.0 Å². The maximum Gasteiger partial charge on any atom is 0.267 e. The number of nitrogen functional groups attached to an aromatic ring is 1. The van der Waals surface area contributed by atoms with Gasteiger partial charge >= 0.3 is 0 Å². The first-order valence-corrected chi connectivity index (χ1v) is 7.22. The van der Waals surface area contributed by atoms with Crippen LogP contribution in [0, 0.1) is 5.41 Å². The largest absolute Gasteiger partial charge is 0.382 e. The van der Waals surface area contributed by atoms with Crippen LogP contribution in [0.25, 0.3) is 10.6 Å². The van der Waals surface area contributed by atoms with Crippen molar-refractivity contribution in [2.45, 2.75) is 0 Å². The Morgan fingerprint density at radius 1 is 1.27 bits per heavy atom. The zero-order valence-electron chi connectivity index (χ0n) is 11.3. The number of benzene rings is 1. The number of nitrogens with one attached hydrogen (secondary N) is 3. The third-order valence-corrected chi connectivity index (χ3v) is 3.71. The lowest BCUT2D eigenvalue weighted by Crippen LogP contribution is -2.20. The van der Waals surface area contributed by atoms with E-state index < -0.39 is 0 Å². The number of anilines is 2. The summed E-state index contributed by atoms with van der Waals surface area (Å²) in [7, 11) is 0. The predicted octanol–water partition coefficient (Wildman–Crippen LogP) is 1.92. The summed E-state index contributed by atoms with van der Waals surface area (Å²) >= 11 is 1.56. The maximum absolute atomic E-state index is 11.4. The molecule has 2 heterocycles. The minimum Gasteiger partial charge on any atom is -0.382 e. The molecule has 110 valence electrons. The van der Waals surface area contributed by atoms with E-state index in [0.29, 0.717) is 5.82 Å². The molecule has 0 aliphatic heterocycles. The Bertz CT molecular complexity index is 854. The molecule has 0 aliphatic rings. The number of nitrogens with zero attached hydrogens (tertiary/aromatic N) is 2. The third-order valence-electron chi connectivity index (χ3n) is 2.88. The van der Waals surface area contributed by atoms with Crippen molar-refractivity contribution in [2.75, 3.05) is 5.32 Å². The summed E-state index contributed by atoms with van der Waals surface area (Å²) in [6.45, 7) is 0. The van der Waals surface area contributed by atoms with E-state index in [-0.39, 0.29) is 17.1 Å². The van der Waals surface area contributed by atoms with Crippen molar-refractivity contribution in [2.24, 2.45) is 5.73 Å². The SMILES string of the molecule is N=C(N)c1ncc(=O)[nH]c1Nc1ccc(-c2nccs2)cc1. The summed E-state index contributed by atoms with van der Waals surface area (Å²) in [5, 5.41) is 13.4. The zero-order chi connectivity index (χ0) is 15.5. The van der Waals surface area contributed by atoms with Crippen LogP contribution >= 0.6 is 11.3 Å². The second-order valence-corrected chi connectivity index (χ2v) is 5.32. The second kappa shape index (κ2) is 5.78. The highest BCUT2D eigenvalue weighted by atomic mass is 32.1. The molecule has 2 aromatic heterocycles. The van der Waals surface area contributed by atoms with Crippen molar-refractivity contribution in [3.8, 4) is 10.6 Å². The zero-order valence-corrected chi connectivity index (χ0v) is 12.1. The monoisotopic (exact) mass is 312 g/mol. The van der Waals surface area contributed by atoms with Gasteiger partial charge in [-0.3, -0.25) is 10.2 Å². The lowest BCUT2D eigenvalue weighted by atomic mass is 10.2. The van der Waals surface area contributed by atoms with Gasteiger partial charge in [0.15, 0.2) is 0 Å². The summed E-state index contributed by atoms with van der Waals surface area (Å²) in [6.07, 6.45) is 2.85. The van der Waals surface area contributed by atoms with E-state index in [1.165, 1.54) is 0 Å². The fraction of sp³-hybridized carbons (Fsp3) is 0. The molecule has 0 atom stereocenters. The van der Waals surface area contributed by atoms with Crippen LogP contribution in [-0.4, -0.2) is 20.8 Å². The molecule has 0 fully saturated rings. The van der Waals surface area contributed by atoms with Gasteiger partial charge in [-0.15, -0.1) is 11.3 Å². The maximum atomic E-state index is 11.4. The van der Waals surface area contributed by atoms with E-state index in [4.69, 9.17) is 11.1 Å². The first kappa shape index (κ1) is 14.0. The van der Waals surface area contributed by atoms with Gasteiger partial charge in [0, 0.05) is 22.8 Å². The van der Waals surface area contributed by atoms with Gasteiger partial charge in [-0.2, -0.15) is 0 Å². The van der Waals surface area contributed by atoms with Gasteiger partial charge in [0.1, 0.15) is 22.4 Å². The van der Waals surface area contributed by atoms with Gasteiger partial charge in [-0.05, 0) is 24.3 Å². The molecule has 22 heavy (non-hydrogen) atoms. The van der Waals surface area contributed by atoms with Crippen LogP contribution in [0.15, 0.2) is 46.8 Å². The highest BCUT2D eigenvalue weighted by Gasteiger charge is 2.09. The van der Waals surface area contributed by atoms with Crippen molar-refractivity contribution in [3.63, 3.8) is 0 Å². The quantitative estimate of drug-likeness (QED) is 0.433. The van der Waals surface area contributed by atoms with Crippen LogP contribution in [0.2, 0.25) is 0 Å². The Balaban J connectivity index is 1.89. The van der Waals surface area contributed by atoms with Gasteiger partial charge in [-0.25, -0.2) is 9.97 Å². The lowest BCUT2D eigenvalue weighted by molar-refractivity contribution is 1.11. The van der Waals surface area contributed by atoms with E-state index in [1.54, 1.807) is 17.5 Å². The molecule has 8 heteroatoms. The summed E-state index contributed by atoms with van der Waals surface area (Å²) in [4.78, 5) is 22.1. The van der Waals surface area contributed by atoms with Crippen LogP contribution in [0.5, 0.6) is 0 Å². The average molecular weight is 312 g/mol. The van der Waals surface area contributed by atoms with E-state index in [1.807, 2.05) is 29.6 Å². The number of H-pyrrole nitrogens is 1. The standard InChI is InChI=1S/C14H12N6OS/c15-12(16)11-13(20-10(21)7-18-11)19-9-3-1-8(2-4-9)14-17-5-6-22-14/h1-7H,(H3,15,16)(H2,19,20,21). The highest BCUT2D eigenvalue weighted by Crippen LogP contribution is 2.24. The number of hydrogen-bond donors (Lipinski definition) is 4. The Hall–Kier alpha value is -3.00. The molecule has 0 amide bonds. The minimum absolute atomic E-state index is 0.198. The molecule has 1 aromatic carbocycles. The van der Waals surface area contributed by atoms with E-state index >= 15 is 0 Å². The first-order chi connectivity index (χ1) is 10.6. The number of aromatic amines is 1. The van der Waals surface area contributed by atoms with Gasteiger partial charge in [-0.1, -0.05) is 0 Å². The van der Waals surface area contributed by atoms with Crippen molar-refractivity contribution < 1.29 is 0 Å². The molecule has 0 spiro atoms. The van der Waals surface area contributed by atoms with Crippen molar-refractivity contribution in [1.29, 1.82) is 5.41 Å². The second-order valence-electron chi connectivity index (χ2n) is 4.42. The molecule has 3 aromatic rings. The van der Waals surface area contributed by atoms with Gasteiger partial charge < -0.3 is 16.0 Å². The summed E-state index contributed by atoms with van der Waals surface area (Å²) in [5.41, 5.74) is 7.04. The molecule has 3 rings (SSSR count). The molecule has 0 bridgehead atoms. The number of hydrogen-bond acceptors (Lipinski definition) is 6. The van der Waals surface area contributed by atoms with Crippen molar-refractivity contribution >= 4 is 28.7 Å². The smallest absolute Gasteiger partial charge is 0.267 e. The van der Waals surface area contributed by atoms with Crippen LogP contribution in [0.4, 0.5) is 11.5 Å². The Morgan fingerprint density at radius 2 is 2.05 bits per heavy atom. The van der Waals surface area contributed by atoms with Crippen LogP contribution in [-0.2, 0) is 0 Å². The van der Waals surface area contributed by atoms with Crippen LogP contribution in [0.3, 0.4) is 0 Å². The summed E-state index contributed by atoms with van der Waals surface area (Å²) in [6, 6.07) is 7.55. The molecule has 0 saturated carbocycles. The summed E-state index contributed by atoms with van der Waals surface area (Å²) < 4.78 is 0. The molecule has 0 aliphatic carbocycles. The predicted molar refractivity (Wildman–Crippen MR) is 86.7 cm³/mol. The normalized spacial score (nSPS) is 10.4. The minimum atomic E-state index is -0.369. The molecule has 0 saturated heterocycles. The fourth-order valence-corrected chi connectivity index (χ4v) is 2.55. The number of thiazole rings is 1. The van der Waals surface area contributed by atoms with E-state index in [0.717, 1.165) is 22.5 Å². The summed E-state index contributed by atoms with van der Waals surface area (Å²) in [5.74, 6) is 0.0696. The number of rotatable bonds is 4. The highest BCUT2D eigenvalue weighted by molar-refractivity contribution is 7.13.